The van der Waals surface area contributed by atoms with E-state index < -0.39 is 0 Å². The van der Waals surface area contributed by atoms with Gasteiger partial charge in [0.1, 0.15) is 11.0 Å². The Labute approximate surface area is 218 Å². The quantitative estimate of drug-likeness (QED) is 0.185. The Bertz CT molecular complexity index is 1860. The van der Waals surface area contributed by atoms with Crippen molar-refractivity contribution < 1.29 is 0 Å². The maximum atomic E-state index is 7.57. The zero-order valence-electron chi connectivity index (χ0n) is 20.2. The first-order valence-electron chi connectivity index (χ1n) is 11.8. The first-order chi connectivity index (χ1) is 18.6. The molecule has 0 saturated carbocycles. The minimum atomic E-state index is -0.0296. The first kappa shape index (κ1) is 22.7. The van der Waals surface area contributed by atoms with Crippen LogP contribution in [0.25, 0.3) is 76.9 Å². The molecule has 6 nitrogen and oxygen atoms in total. The zero-order chi connectivity index (χ0) is 26.2. The van der Waals surface area contributed by atoms with Crippen LogP contribution >= 0.6 is 0 Å². The summed E-state index contributed by atoms with van der Waals surface area (Å²) < 4.78 is 0. The highest BCUT2D eigenvalue weighted by Crippen LogP contribution is 2.38. The van der Waals surface area contributed by atoms with Crippen LogP contribution in [0.3, 0.4) is 0 Å². The second-order valence-electron chi connectivity index (χ2n) is 8.68. The Morgan fingerprint density at radius 1 is 0.553 bits per heavy atom. The van der Waals surface area contributed by atoms with Crippen molar-refractivity contribution in [3.8, 4) is 22.3 Å². The second kappa shape index (κ2) is 9.05. The molecule has 6 rings (SSSR count). The van der Waals surface area contributed by atoms with E-state index in [1.807, 2.05) is 73.1 Å². The van der Waals surface area contributed by atoms with E-state index in [1.54, 1.807) is 12.2 Å². The molecule has 0 aliphatic rings. The largest absolute Gasteiger partial charge is 0.370 e. The molecule has 6 heteroatoms. The SMILES string of the molecule is [C-]#[N+]c1nc2c3cc(-c4ccc(C=C)cc4)cnc3c3ncc(-c4ccc(C=C)cc4)cc3c2nc1[N+]#[C-]. The molecule has 0 bridgehead atoms. The summed E-state index contributed by atoms with van der Waals surface area (Å²) in [6.45, 7) is 22.8. The van der Waals surface area contributed by atoms with Crippen LogP contribution < -0.4 is 0 Å². The van der Waals surface area contributed by atoms with Gasteiger partial charge in [0, 0.05) is 23.5 Å². The molecule has 0 amide bonds. The molecule has 3 heterocycles. The van der Waals surface area contributed by atoms with Gasteiger partial charge in [0.15, 0.2) is 0 Å². The van der Waals surface area contributed by atoms with Crippen molar-refractivity contribution in [3.63, 3.8) is 0 Å². The van der Waals surface area contributed by atoms with Crippen LogP contribution in [0.1, 0.15) is 11.1 Å². The normalized spacial score (nSPS) is 10.8. The van der Waals surface area contributed by atoms with E-state index in [-0.39, 0.29) is 11.6 Å². The van der Waals surface area contributed by atoms with Crippen LogP contribution in [0, 0.1) is 13.1 Å². The van der Waals surface area contributed by atoms with E-state index in [2.05, 4.69) is 32.8 Å². The van der Waals surface area contributed by atoms with Gasteiger partial charge in [0.25, 0.3) is 11.6 Å². The third-order valence-electron chi connectivity index (χ3n) is 6.54. The van der Waals surface area contributed by atoms with Crippen molar-refractivity contribution in [1.82, 2.24) is 19.9 Å². The molecule has 3 aromatic heterocycles. The Hall–Kier alpha value is -5.72. The maximum Gasteiger partial charge on any atom is 0.294 e. The predicted molar refractivity (Wildman–Crippen MR) is 154 cm³/mol. The lowest BCUT2D eigenvalue weighted by atomic mass is 9.99. The van der Waals surface area contributed by atoms with Gasteiger partial charge in [-0.1, -0.05) is 87.0 Å². The van der Waals surface area contributed by atoms with Crippen molar-refractivity contribution in [1.29, 1.82) is 0 Å². The van der Waals surface area contributed by atoms with Crippen LogP contribution in [-0.4, -0.2) is 19.9 Å². The van der Waals surface area contributed by atoms with Crippen LogP contribution in [-0.2, 0) is 0 Å². The summed E-state index contributed by atoms with van der Waals surface area (Å²) in [6, 6.07) is 20.0. The van der Waals surface area contributed by atoms with Crippen molar-refractivity contribution in [2.75, 3.05) is 0 Å². The summed E-state index contributed by atoms with van der Waals surface area (Å²) in [5, 5.41) is 1.45. The van der Waals surface area contributed by atoms with Gasteiger partial charge in [0.2, 0.25) is 11.0 Å². The summed E-state index contributed by atoms with van der Waals surface area (Å²) in [6.07, 6.45) is 7.23. The Balaban J connectivity index is 1.67. The van der Waals surface area contributed by atoms with E-state index in [9.17, 15) is 0 Å². The number of rotatable bonds is 4. The minimum absolute atomic E-state index is 0.0296. The smallest absolute Gasteiger partial charge is 0.294 e. The fraction of sp³-hybridized carbons (Fsp3) is 0. The van der Waals surface area contributed by atoms with Gasteiger partial charge in [-0.05, 0) is 34.4 Å². The molecule has 0 radical (unpaired) electrons. The second-order valence-corrected chi connectivity index (χ2v) is 8.68. The molecule has 176 valence electrons. The number of benzene rings is 3. The van der Waals surface area contributed by atoms with E-state index in [1.165, 1.54) is 0 Å². The maximum absolute atomic E-state index is 7.57. The molecule has 0 aliphatic carbocycles. The highest BCUT2D eigenvalue weighted by Gasteiger charge is 2.22. The number of pyridine rings is 2. The van der Waals surface area contributed by atoms with Crippen LogP contribution in [0.5, 0.6) is 0 Å². The van der Waals surface area contributed by atoms with Gasteiger partial charge in [0.05, 0.1) is 10.8 Å². The van der Waals surface area contributed by atoms with Crippen molar-refractivity contribution in [2.45, 2.75) is 0 Å². The summed E-state index contributed by atoms with van der Waals surface area (Å²) in [5.74, 6) is -0.0592. The molecule has 38 heavy (non-hydrogen) atoms. The van der Waals surface area contributed by atoms with Gasteiger partial charge in [-0.3, -0.25) is 9.97 Å². The van der Waals surface area contributed by atoms with E-state index >= 15 is 0 Å². The molecule has 0 saturated heterocycles. The standard InChI is InChI=1S/C32H18N6/c1-5-19-7-11-21(12-8-19)23-15-25-27(35-17-23)28-26(30-29(25)37-31(33-3)32(34-4)38-30)16-24(18-36-28)22-13-9-20(6-2)10-14-22/h5-18H,1-2H2. The van der Waals surface area contributed by atoms with Gasteiger partial charge < -0.3 is 9.69 Å². The van der Waals surface area contributed by atoms with Gasteiger partial charge in [-0.15, -0.1) is 9.97 Å². The van der Waals surface area contributed by atoms with Crippen molar-refractivity contribution in [2.24, 2.45) is 0 Å². The average Bonchev–Trinajstić information content (AvgIpc) is 3.00. The topological polar surface area (TPSA) is 60.3 Å². The summed E-state index contributed by atoms with van der Waals surface area (Å²) in [7, 11) is 0. The summed E-state index contributed by atoms with van der Waals surface area (Å²) in [4.78, 5) is 25.8. The molecule has 0 unspecified atom stereocenters. The molecule has 3 aromatic carbocycles. The fourth-order valence-electron chi connectivity index (χ4n) is 4.55. The predicted octanol–water partition coefficient (Wildman–Crippen LogP) is 8.45. The van der Waals surface area contributed by atoms with E-state index in [4.69, 9.17) is 23.1 Å². The molecule has 0 aliphatic heterocycles. The minimum Gasteiger partial charge on any atom is -0.370 e. The monoisotopic (exact) mass is 486 g/mol. The Kier molecular flexibility index (Phi) is 5.42. The number of aromatic nitrogens is 4. The third-order valence-corrected chi connectivity index (χ3v) is 6.54. The lowest BCUT2D eigenvalue weighted by Crippen LogP contribution is -1.94. The third kappa shape index (κ3) is 3.65. The number of fused-ring (bicyclic) bond motifs is 6. The number of hydrogen-bond acceptors (Lipinski definition) is 4. The van der Waals surface area contributed by atoms with Crippen LogP contribution in [0.2, 0.25) is 0 Å². The molecule has 0 N–H and O–H groups in total. The lowest BCUT2D eigenvalue weighted by Gasteiger charge is -2.09. The van der Waals surface area contributed by atoms with Crippen LogP contribution in [0.15, 0.2) is 86.2 Å². The molecule has 6 aromatic rings. The molecule has 0 atom stereocenters. The van der Waals surface area contributed by atoms with Crippen LogP contribution in [0.4, 0.5) is 11.6 Å². The average molecular weight is 487 g/mol. The summed E-state index contributed by atoms with van der Waals surface area (Å²) in [5.41, 5.74) is 8.17. The Morgan fingerprint density at radius 3 is 1.29 bits per heavy atom. The van der Waals surface area contributed by atoms with Gasteiger partial charge in [-0.2, -0.15) is 0 Å². The highest BCUT2D eigenvalue weighted by atomic mass is 15.0. The van der Waals surface area contributed by atoms with E-state index in [0.717, 1.165) is 44.2 Å². The lowest BCUT2D eigenvalue weighted by molar-refractivity contribution is 1.33. The molecular weight excluding hydrogens is 468 g/mol. The number of hydrogen-bond donors (Lipinski definition) is 0. The highest BCUT2D eigenvalue weighted by molar-refractivity contribution is 6.22. The molecule has 0 fully saturated rings. The van der Waals surface area contributed by atoms with Gasteiger partial charge in [-0.25, -0.2) is 0 Å². The van der Waals surface area contributed by atoms with Crippen molar-refractivity contribution >= 4 is 56.6 Å². The zero-order valence-corrected chi connectivity index (χ0v) is 20.2. The van der Waals surface area contributed by atoms with E-state index in [0.29, 0.717) is 22.1 Å². The fourth-order valence-corrected chi connectivity index (χ4v) is 4.55. The molecule has 0 spiro atoms. The van der Waals surface area contributed by atoms with Crippen molar-refractivity contribution in [3.05, 3.63) is 120 Å². The van der Waals surface area contributed by atoms with Gasteiger partial charge >= 0.3 is 0 Å². The number of nitrogens with zero attached hydrogens (tertiary/aromatic N) is 6. The molecular formula is C32H18N6. The summed E-state index contributed by atoms with van der Waals surface area (Å²) >= 11 is 0. The Morgan fingerprint density at radius 2 is 0.947 bits per heavy atom. The first-order valence-corrected chi connectivity index (χ1v) is 11.8.